The van der Waals surface area contributed by atoms with Crippen LogP contribution in [-0.4, -0.2) is 151 Å². The number of amides is 2. The zero-order valence-electron chi connectivity index (χ0n) is 66.4. The molecule has 15 rings (SSSR count). The minimum atomic E-state index is -0.517. The molecule has 6 aromatic carbocycles. The number of hydrogen-bond donors (Lipinski definition) is 1. The maximum Gasteiger partial charge on any atom is 0.410 e. The molecule has 119 heavy (non-hydrogen) atoms. The van der Waals surface area contributed by atoms with Crippen molar-refractivity contribution in [3.63, 3.8) is 0 Å². The average molecular weight is 1940 g/mol. The van der Waals surface area contributed by atoms with Crippen molar-refractivity contribution in [2.24, 2.45) is 17.8 Å². The van der Waals surface area contributed by atoms with Crippen LogP contribution in [0.2, 0.25) is 5.15 Å². The van der Waals surface area contributed by atoms with E-state index in [1.54, 1.807) is 59.4 Å². The maximum absolute atomic E-state index is 13.2. The van der Waals surface area contributed by atoms with E-state index in [0.717, 1.165) is 54.7 Å². The largest absolute Gasteiger partial charge is 0.476 e. The van der Waals surface area contributed by atoms with Gasteiger partial charge in [-0.1, -0.05) is 84.4 Å². The number of pyridine rings is 3. The monoisotopic (exact) mass is 1940 g/mol. The number of aliphatic hydroxyl groups is 1. The van der Waals surface area contributed by atoms with E-state index in [1.807, 2.05) is 142 Å². The number of aromatic nitrogens is 9. The quantitative estimate of drug-likeness (QED) is 0.0341. The van der Waals surface area contributed by atoms with E-state index in [0.29, 0.717) is 107 Å². The van der Waals surface area contributed by atoms with Crippen molar-refractivity contribution >= 4 is 119 Å². The minimum absolute atomic E-state index is 0. The molecule has 1 aliphatic carbocycles. The van der Waals surface area contributed by atoms with Crippen LogP contribution in [-0.2, 0) is 65.8 Å². The Labute approximate surface area is 748 Å². The fourth-order valence-corrected chi connectivity index (χ4v) is 12.2. The SMILES string of the molecule is C.CC(C)(C)OC(=O)N1CC(CO)C1.CC(C)(C)OC(=O)N1CC(COc2cncc(-c3ccc4cnc(CC(=O)c5ccc(F)cc5)cc4c3)n2)C1.CI.O=C(Cc1cc2cc(-c3cncc(Cl)n3)ccc2cn1)c1ccc(F)cc1.O=C(Cc1cc2cc(-c3cncc(OCC4CCC4)n3)ccc2cn1)c1ccc(F)cc1.[CH2-]I.[CH3-].[V].[V]. The van der Waals surface area contributed by atoms with Crippen LogP contribution < -0.4 is 9.47 Å². The molecule has 8 heterocycles. The topological polar surface area (TPSA) is 265 Å². The summed E-state index contributed by atoms with van der Waals surface area (Å²) in [7, 11) is 0. The molecule has 622 valence electrons. The second-order valence-electron chi connectivity index (χ2n) is 29.3. The molecule has 3 fully saturated rings. The van der Waals surface area contributed by atoms with Crippen LogP contribution in [0, 0.1) is 47.6 Å². The average Bonchev–Trinajstić information content (AvgIpc) is 0.818. The van der Waals surface area contributed by atoms with Crippen LogP contribution in [0.1, 0.15) is 116 Å². The summed E-state index contributed by atoms with van der Waals surface area (Å²) in [6.07, 6.45) is 18.5. The smallest absolute Gasteiger partial charge is 0.410 e. The first-order chi connectivity index (χ1) is 55.3. The molecular weight excluding hydrogens is 1840 g/mol. The number of carbonyl (C=O) groups is 5. The number of aliphatic hydroxyl groups excluding tert-OH is 1. The van der Waals surface area contributed by atoms with Gasteiger partial charge >= 0.3 is 12.2 Å². The zero-order valence-corrected chi connectivity index (χ0v) is 74.3. The van der Waals surface area contributed by atoms with Crippen LogP contribution in [0.3, 0.4) is 0 Å². The summed E-state index contributed by atoms with van der Waals surface area (Å²) >= 11 is 9.97. The van der Waals surface area contributed by atoms with Gasteiger partial charge in [-0.05, 0) is 191 Å². The zero-order chi connectivity index (χ0) is 82.3. The van der Waals surface area contributed by atoms with Gasteiger partial charge in [-0.3, -0.25) is 49.2 Å². The van der Waals surface area contributed by atoms with E-state index in [9.17, 15) is 37.1 Å². The van der Waals surface area contributed by atoms with Gasteiger partial charge in [-0.2, -0.15) is 0 Å². The number of carbonyl (C=O) groups excluding carboxylic acids is 5. The molecule has 1 N–H and O–H groups in total. The van der Waals surface area contributed by atoms with Crippen LogP contribution in [0.25, 0.3) is 66.1 Å². The first-order valence-corrected chi connectivity index (χ1v) is 41.0. The van der Waals surface area contributed by atoms with Gasteiger partial charge in [0, 0.05) is 167 Å². The molecule has 21 nitrogen and oxygen atoms in total. The maximum atomic E-state index is 13.2. The minimum Gasteiger partial charge on any atom is -0.476 e. The van der Waals surface area contributed by atoms with Crippen LogP contribution in [0.15, 0.2) is 201 Å². The van der Waals surface area contributed by atoms with E-state index < -0.39 is 11.2 Å². The molecule has 2 amide bonds. The molecule has 2 saturated heterocycles. The third-order valence-corrected chi connectivity index (χ3v) is 18.4. The predicted octanol–water partition coefficient (Wildman–Crippen LogP) is 20.0. The first-order valence-electron chi connectivity index (χ1n) is 36.9. The molecule has 2 aliphatic heterocycles. The molecule has 12 aromatic rings. The van der Waals surface area contributed by atoms with Crippen LogP contribution in [0.5, 0.6) is 11.8 Å². The van der Waals surface area contributed by atoms with Gasteiger partial charge in [-0.15, -0.1) is 0 Å². The first kappa shape index (κ1) is 98.4. The van der Waals surface area contributed by atoms with Crippen LogP contribution in [0.4, 0.5) is 22.8 Å². The van der Waals surface area contributed by atoms with Gasteiger partial charge in [-0.25, -0.2) is 37.7 Å². The Kier molecular flexibility index (Phi) is 38.9. The standard InChI is InChI=1S/C30H29FN4O4.C26H22FN3O2.C21H13ClFN3O.C9H17NO3.CH3I.CH2I.CH4.CH3.2V/c1-30(2,3)39-29(37)35-16-19(17-35)18-38-28-15-32-14-26(34-28)21-4-5-22-13-33-25(11-23(22)10-21)12-27(36)20-6-8-24(31)9-7-20;27-22-8-6-18(7-9-22)25(31)12-23-11-21-10-19(4-5-20(21)13-29-23)24-14-28-15-26(30-24)32-16-17-2-1-3-17;22-21-12-24-11-19(26-21)14-1-2-15-10-25-18(8-16(15)7-14)9-20(27)13-3-5-17(23)6-4-13;1-9(2,3)13-8(12)10-4-7(5-10)6-11;2*1-2;;;;/h4-11,13-15,19H,12,16-18H2,1-3H3;4-11,13-15,17H,1-3,12,16H2;1-8,10-12H,9H2;7,11H,4-6H2,1-3H3;1H3;1H2;1H4;1H3;;/q;;;;;-1;;-1;;. The van der Waals surface area contributed by atoms with Crippen LogP contribution >= 0.6 is 56.8 Å². The van der Waals surface area contributed by atoms with Gasteiger partial charge in [0.05, 0.1) is 86.7 Å². The van der Waals surface area contributed by atoms with E-state index in [4.69, 9.17) is 35.7 Å². The van der Waals surface area contributed by atoms with Crippen molar-refractivity contribution in [3.05, 3.63) is 270 Å². The molecule has 0 atom stereocenters. The Balaban J connectivity index is 0.000000251. The Morgan fingerprint density at radius 2 is 0.773 bits per heavy atom. The summed E-state index contributed by atoms with van der Waals surface area (Å²) in [4.78, 5) is 109. The Morgan fingerprint density at radius 1 is 0.454 bits per heavy atom. The summed E-state index contributed by atoms with van der Waals surface area (Å²) in [6.45, 7) is 14.7. The second-order valence-corrected chi connectivity index (χ2v) is 29.7. The number of rotatable bonds is 19. The number of benzene rings is 6. The van der Waals surface area contributed by atoms with Gasteiger partial charge in [0.25, 0.3) is 0 Å². The molecule has 0 spiro atoms. The number of nitrogens with zero attached hydrogens (tertiary/aromatic N) is 11. The van der Waals surface area contributed by atoms with Crippen molar-refractivity contribution in [1.29, 1.82) is 0 Å². The fourth-order valence-electron chi connectivity index (χ4n) is 12.0. The van der Waals surface area contributed by atoms with Crippen molar-refractivity contribution in [2.45, 2.75) is 98.7 Å². The van der Waals surface area contributed by atoms with Gasteiger partial charge in [0.1, 0.15) is 33.8 Å². The number of ketones is 3. The molecule has 0 unspecified atom stereocenters. The predicted molar refractivity (Wildman–Crippen MR) is 467 cm³/mol. The summed E-state index contributed by atoms with van der Waals surface area (Å²) in [6, 6.07) is 39.9. The van der Waals surface area contributed by atoms with E-state index in [2.05, 4.69) is 72.4 Å². The van der Waals surface area contributed by atoms with Gasteiger partial charge < -0.3 is 63.9 Å². The van der Waals surface area contributed by atoms with Crippen molar-refractivity contribution in [2.75, 3.05) is 50.9 Å². The summed E-state index contributed by atoms with van der Waals surface area (Å²) < 4.78 is 61.5. The van der Waals surface area contributed by atoms with E-state index >= 15 is 0 Å². The molecule has 0 bridgehead atoms. The van der Waals surface area contributed by atoms with Crippen molar-refractivity contribution < 1.29 is 98.3 Å². The number of Topliss-reactive ketones (excluding diaryl/α,β-unsaturated/α-hetero) is 3. The normalized spacial score (nSPS) is 12.7. The molecule has 29 heteroatoms. The molecule has 1 saturated carbocycles. The molecule has 6 aromatic heterocycles. The third kappa shape index (κ3) is 29.5. The summed E-state index contributed by atoms with van der Waals surface area (Å²) in [5.74, 6) is 0.560. The molecule has 2 radical (unpaired) electrons. The molecule has 3 aliphatic rings. The van der Waals surface area contributed by atoms with E-state index in [-0.39, 0.29) is 137 Å². The number of ether oxygens (including phenoxy) is 4. The fraction of sp³-hybridized carbons (Fsp3) is 0.289. The number of halogens is 6. The summed E-state index contributed by atoms with van der Waals surface area (Å²) in [5.41, 5.74) is 7.05. The summed E-state index contributed by atoms with van der Waals surface area (Å²) in [5, 5.41) is 14.7. The Hall–Kier alpha value is -9.39. The van der Waals surface area contributed by atoms with E-state index in [1.165, 1.54) is 98.3 Å². The van der Waals surface area contributed by atoms with Gasteiger partial charge in [0.2, 0.25) is 11.8 Å². The number of hydrogen-bond acceptors (Lipinski definition) is 19. The Morgan fingerprint density at radius 3 is 1.08 bits per heavy atom. The van der Waals surface area contributed by atoms with Crippen molar-refractivity contribution in [3.8, 4) is 45.5 Å². The van der Waals surface area contributed by atoms with Gasteiger partial charge in [0.15, 0.2) is 17.3 Å². The molecular formula is C90H93ClF3I2N11O10V2-2. The van der Waals surface area contributed by atoms with Crippen molar-refractivity contribution in [1.82, 2.24) is 54.7 Å². The third-order valence-electron chi connectivity index (χ3n) is 18.2. The number of fused-ring (bicyclic) bond motifs is 3. The second kappa shape index (κ2) is 47.0. The number of likely N-dealkylation sites (tertiary alicyclic amines) is 2. The number of alkyl halides is 1. The Bertz CT molecular complexity index is 5360.